The number of ether oxygens (including phenoxy) is 1. The average Bonchev–Trinajstić information content (AvgIpc) is 3.15. The van der Waals surface area contributed by atoms with Crippen LogP contribution in [0, 0.1) is 0 Å². The van der Waals surface area contributed by atoms with Crippen LogP contribution in [-0.4, -0.2) is 25.6 Å². The third-order valence-corrected chi connectivity index (χ3v) is 4.18. The molecule has 1 aliphatic rings. The Hall–Kier alpha value is -2.49. The lowest BCUT2D eigenvalue weighted by Gasteiger charge is -2.21. The normalized spacial score (nSPS) is 13.8. The van der Waals surface area contributed by atoms with Gasteiger partial charge in [0.15, 0.2) is 0 Å². The van der Waals surface area contributed by atoms with E-state index in [1.807, 2.05) is 48.5 Å². The minimum Gasteiger partial charge on any atom is -0.494 e. The highest BCUT2D eigenvalue weighted by molar-refractivity contribution is 5.94. The Morgan fingerprint density at radius 3 is 2.50 bits per heavy atom. The van der Waals surface area contributed by atoms with Crippen molar-refractivity contribution >= 4 is 17.3 Å². The number of para-hydroxylation sites is 3. The van der Waals surface area contributed by atoms with Gasteiger partial charge in [-0.1, -0.05) is 30.3 Å². The van der Waals surface area contributed by atoms with Crippen LogP contribution in [0.25, 0.3) is 0 Å². The lowest BCUT2D eigenvalue weighted by atomic mass is 10.2. The lowest BCUT2D eigenvalue weighted by molar-refractivity contribution is -0.116. The Kier molecular flexibility index (Phi) is 5.72. The Bertz CT molecular complexity index is 652. The van der Waals surface area contributed by atoms with Gasteiger partial charge < -0.3 is 15.0 Å². The number of benzene rings is 2. The van der Waals surface area contributed by atoms with Crippen LogP contribution in [0.15, 0.2) is 54.6 Å². The molecule has 24 heavy (non-hydrogen) atoms. The summed E-state index contributed by atoms with van der Waals surface area (Å²) in [6.07, 6.45) is 3.60. The molecule has 4 heteroatoms. The van der Waals surface area contributed by atoms with Gasteiger partial charge in [0, 0.05) is 19.5 Å². The molecular weight excluding hydrogens is 300 g/mol. The third-order valence-electron chi connectivity index (χ3n) is 4.18. The van der Waals surface area contributed by atoms with E-state index in [1.165, 1.54) is 12.8 Å². The number of hydrogen-bond acceptors (Lipinski definition) is 3. The smallest absolute Gasteiger partial charge is 0.224 e. The minimum absolute atomic E-state index is 0.0401. The number of nitrogens with one attached hydrogen (secondary N) is 1. The number of nitrogens with zero attached hydrogens (tertiary/aromatic N) is 1. The van der Waals surface area contributed by atoms with Gasteiger partial charge in [0.05, 0.1) is 18.0 Å². The Morgan fingerprint density at radius 2 is 1.71 bits per heavy atom. The quantitative estimate of drug-likeness (QED) is 0.780. The number of amides is 1. The molecule has 0 spiro atoms. The zero-order valence-corrected chi connectivity index (χ0v) is 13.9. The highest BCUT2D eigenvalue weighted by Gasteiger charge is 2.16. The van der Waals surface area contributed by atoms with E-state index in [0.29, 0.717) is 19.4 Å². The molecule has 0 saturated carbocycles. The van der Waals surface area contributed by atoms with Gasteiger partial charge in [-0.2, -0.15) is 0 Å². The van der Waals surface area contributed by atoms with Crippen molar-refractivity contribution in [1.29, 1.82) is 0 Å². The minimum atomic E-state index is 0.0401. The number of carbonyl (C=O) groups is 1. The highest BCUT2D eigenvalue weighted by Crippen LogP contribution is 2.28. The van der Waals surface area contributed by atoms with Crippen molar-refractivity contribution in [2.75, 3.05) is 29.9 Å². The van der Waals surface area contributed by atoms with Gasteiger partial charge in [-0.3, -0.25) is 4.79 Å². The summed E-state index contributed by atoms with van der Waals surface area (Å²) in [6.45, 7) is 2.68. The molecular formula is C20H24N2O2. The van der Waals surface area contributed by atoms with Crippen molar-refractivity contribution in [3.05, 3.63) is 54.6 Å². The Morgan fingerprint density at radius 1 is 1.00 bits per heavy atom. The van der Waals surface area contributed by atoms with E-state index < -0.39 is 0 Å². The molecule has 1 fully saturated rings. The molecule has 1 saturated heterocycles. The number of rotatable bonds is 7. The topological polar surface area (TPSA) is 41.6 Å². The second-order valence-corrected chi connectivity index (χ2v) is 6.02. The summed E-state index contributed by atoms with van der Waals surface area (Å²) in [6, 6.07) is 17.7. The van der Waals surface area contributed by atoms with Crippen LogP contribution in [0.5, 0.6) is 5.75 Å². The number of hydrogen-bond donors (Lipinski definition) is 1. The van der Waals surface area contributed by atoms with E-state index in [2.05, 4.69) is 16.3 Å². The van der Waals surface area contributed by atoms with Crippen molar-refractivity contribution in [2.24, 2.45) is 0 Å². The van der Waals surface area contributed by atoms with E-state index >= 15 is 0 Å². The fraction of sp³-hybridized carbons (Fsp3) is 0.350. The summed E-state index contributed by atoms with van der Waals surface area (Å²) in [5, 5.41) is 3.05. The fourth-order valence-electron chi connectivity index (χ4n) is 2.97. The molecule has 0 radical (unpaired) electrons. The summed E-state index contributed by atoms with van der Waals surface area (Å²) >= 11 is 0. The van der Waals surface area contributed by atoms with Crippen molar-refractivity contribution in [3.63, 3.8) is 0 Å². The van der Waals surface area contributed by atoms with Gasteiger partial charge in [-0.15, -0.1) is 0 Å². The van der Waals surface area contributed by atoms with Crippen LogP contribution in [0.1, 0.15) is 25.7 Å². The molecule has 126 valence electrons. The SMILES string of the molecule is O=C(CCCOc1ccccc1)Nc1ccccc1N1CCCC1. The molecule has 1 heterocycles. The second-order valence-electron chi connectivity index (χ2n) is 6.02. The molecule has 0 bridgehead atoms. The standard InChI is InChI=1S/C20H24N2O2/c23-20(13-8-16-24-17-9-2-1-3-10-17)21-18-11-4-5-12-19(18)22-14-6-7-15-22/h1-5,9-12H,6-8,13-16H2,(H,21,23). The van der Waals surface area contributed by atoms with Crippen molar-refractivity contribution in [1.82, 2.24) is 0 Å². The molecule has 1 N–H and O–H groups in total. The van der Waals surface area contributed by atoms with Crippen LogP contribution in [0.3, 0.4) is 0 Å². The Balaban J connectivity index is 1.46. The average molecular weight is 324 g/mol. The highest BCUT2D eigenvalue weighted by atomic mass is 16.5. The monoisotopic (exact) mass is 324 g/mol. The van der Waals surface area contributed by atoms with E-state index in [9.17, 15) is 4.79 Å². The van der Waals surface area contributed by atoms with Crippen molar-refractivity contribution < 1.29 is 9.53 Å². The molecule has 0 atom stereocenters. The van der Waals surface area contributed by atoms with Crippen molar-refractivity contribution in [3.8, 4) is 5.75 Å². The van der Waals surface area contributed by atoms with Crippen LogP contribution in [0.4, 0.5) is 11.4 Å². The van der Waals surface area contributed by atoms with Gasteiger partial charge in [0.1, 0.15) is 5.75 Å². The third kappa shape index (κ3) is 4.51. The maximum Gasteiger partial charge on any atom is 0.224 e. The predicted octanol–water partition coefficient (Wildman–Crippen LogP) is 4.08. The second kappa shape index (κ2) is 8.39. The molecule has 0 unspecified atom stereocenters. The van der Waals surface area contributed by atoms with Crippen LogP contribution in [0.2, 0.25) is 0 Å². The van der Waals surface area contributed by atoms with Crippen LogP contribution >= 0.6 is 0 Å². The molecule has 4 nitrogen and oxygen atoms in total. The first-order valence-corrected chi connectivity index (χ1v) is 8.64. The molecule has 0 aliphatic carbocycles. The molecule has 2 aromatic carbocycles. The van der Waals surface area contributed by atoms with Crippen LogP contribution in [-0.2, 0) is 4.79 Å². The summed E-state index contributed by atoms with van der Waals surface area (Å²) in [7, 11) is 0. The van der Waals surface area contributed by atoms with Crippen molar-refractivity contribution in [2.45, 2.75) is 25.7 Å². The van der Waals surface area contributed by atoms with Gasteiger partial charge in [0.2, 0.25) is 5.91 Å². The van der Waals surface area contributed by atoms with Gasteiger partial charge >= 0.3 is 0 Å². The maximum atomic E-state index is 12.2. The first-order valence-electron chi connectivity index (χ1n) is 8.64. The van der Waals surface area contributed by atoms with E-state index in [0.717, 1.165) is 30.2 Å². The zero-order valence-electron chi connectivity index (χ0n) is 13.9. The summed E-state index contributed by atoms with van der Waals surface area (Å²) in [5.74, 6) is 0.885. The van der Waals surface area contributed by atoms with Gasteiger partial charge in [0.25, 0.3) is 0 Å². The van der Waals surface area contributed by atoms with E-state index in [1.54, 1.807) is 0 Å². The maximum absolute atomic E-state index is 12.2. The predicted molar refractivity (Wildman–Crippen MR) is 97.7 cm³/mol. The summed E-state index contributed by atoms with van der Waals surface area (Å²) < 4.78 is 5.62. The lowest BCUT2D eigenvalue weighted by Crippen LogP contribution is -2.21. The van der Waals surface area contributed by atoms with E-state index in [-0.39, 0.29) is 5.91 Å². The Labute approximate surface area is 143 Å². The molecule has 3 rings (SSSR count). The van der Waals surface area contributed by atoms with Gasteiger partial charge in [-0.05, 0) is 43.5 Å². The fourth-order valence-corrected chi connectivity index (χ4v) is 2.97. The van der Waals surface area contributed by atoms with Crippen LogP contribution < -0.4 is 15.0 Å². The molecule has 1 amide bonds. The summed E-state index contributed by atoms with van der Waals surface area (Å²) in [5.41, 5.74) is 2.04. The van der Waals surface area contributed by atoms with Gasteiger partial charge in [-0.25, -0.2) is 0 Å². The first-order chi connectivity index (χ1) is 11.8. The largest absolute Gasteiger partial charge is 0.494 e. The first kappa shape index (κ1) is 16.4. The number of carbonyl (C=O) groups excluding carboxylic acids is 1. The number of anilines is 2. The zero-order chi connectivity index (χ0) is 16.6. The molecule has 2 aromatic rings. The summed E-state index contributed by atoms with van der Waals surface area (Å²) in [4.78, 5) is 14.5. The molecule has 1 aliphatic heterocycles. The molecule has 0 aromatic heterocycles. The van der Waals surface area contributed by atoms with E-state index in [4.69, 9.17) is 4.74 Å².